The van der Waals surface area contributed by atoms with E-state index in [-0.39, 0.29) is 35.1 Å². The Labute approximate surface area is 139 Å². The van der Waals surface area contributed by atoms with Crippen LogP contribution in [-0.2, 0) is 14.3 Å². The first-order valence-electron chi connectivity index (χ1n) is 9.10. The van der Waals surface area contributed by atoms with Crippen molar-refractivity contribution < 1.29 is 14.3 Å². The summed E-state index contributed by atoms with van der Waals surface area (Å²) in [7, 11) is 0. The van der Waals surface area contributed by atoms with Crippen LogP contribution in [0.2, 0.25) is 0 Å². The maximum atomic E-state index is 12.4. The number of hydrogen-bond donors (Lipinski definition) is 0. The molecule has 0 unspecified atom stereocenters. The van der Waals surface area contributed by atoms with E-state index in [1.54, 1.807) is 0 Å². The summed E-state index contributed by atoms with van der Waals surface area (Å²) in [6.07, 6.45) is 10.9. The average molecular weight is 316 g/mol. The van der Waals surface area contributed by atoms with Crippen LogP contribution in [0.3, 0.4) is 0 Å². The first-order valence-corrected chi connectivity index (χ1v) is 9.10. The van der Waals surface area contributed by atoms with Crippen molar-refractivity contribution in [3.05, 3.63) is 23.8 Å². The smallest absolute Gasteiger partial charge is 0.318 e. The molecule has 0 aromatic carbocycles. The summed E-state index contributed by atoms with van der Waals surface area (Å²) in [6.45, 7) is 8.26. The van der Waals surface area contributed by atoms with E-state index in [2.05, 4.69) is 19.6 Å². The molecule has 1 heterocycles. The molecule has 0 amide bonds. The second kappa shape index (κ2) is 6.26. The van der Waals surface area contributed by atoms with Gasteiger partial charge in [0.05, 0.1) is 11.8 Å². The number of cyclic esters (lactones) is 2. The third-order valence-corrected chi connectivity index (χ3v) is 6.05. The lowest BCUT2D eigenvalue weighted by Crippen LogP contribution is -2.50. The molecule has 3 aliphatic rings. The number of esters is 2. The van der Waals surface area contributed by atoms with Gasteiger partial charge in [-0.05, 0) is 38.5 Å². The van der Waals surface area contributed by atoms with Gasteiger partial charge in [0.25, 0.3) is 0 Å². The second-order valence-corrected chi connectivity index (χ2v) is 7.74. The zero-order valence-corrected chi connectivity index (χ0v) is 14.4. The first-order chi connectivity index (χ1) is 11.0. The molecule has 126 valence electrons. The van der Waals surface area contributed by atoms with Gasteiger partial charge in [0, 0.05) is 5.41 Å². The van der Waals surface area contributed by atoms with Crippen molar-refractivity contribution in [3.63, 3.8) is 0 Å². The minimum Gasteiger partial charge on any atom is -0.393 e. The van der Waals surface area contributed by atoms with Gasteiger partial charge in [-0.2, -0.15) is 0 Å². The Bertz CT molecular complexity index is 559. The fourth-order valence-corrected chi connectivity index (χ4v) is 4.98. The number of allylic oxidation sites excluding steroid dienone is 3. The van der Waals surface area contributed by atoms with Crippen molar-refractivity contribution in [2.75, 3.05) is 0 Å². The molecule has 23 heavy (non-hydrogen) atoms. The zero-order valence-electron chi connectivity index (χ0n) is 14.4. The fourth-order valence-electron chi connectivity index (χ4n) is 4.98. The van der Waals surface area contributed by atoms with Crippen molar-refractivity contribution in [1.29, 1.82) is 0 Å². The van der Waals surface area contributed by atoms with Crippen LogP contribution in [0.4, 0.5) is 0 Å². The highest BCUT2D eigenvalue weighted by molar-refractivity contribution is 5.98. The molecule has 4 atom stereocenters. The van der Waals surface area contributed by atoms with Crippen molar-refractivity contribution in [2.45, 2.75) is 65.2 Å². The highest BCUT2D eigenvalue weighted by Gasteiger charge is 2.63. The number of carbonyl (C=O) groups is 2. The molecule has 0 bridgehead atoms. The first kappa shape index (κ1) is 16.5. The van der Waals surface area contributed by atoms with Gasteiger partial charge in [0.15, 0.2) is 0 Å². The Morgan fingerprint density at radius 1 is 1.30 bits per heavy atom. The van der Waals surface area contributed by atoms with E-state index in [0.29, 0.717) is 0 Å². The number of rotatable bonds is 7. The van der Waals surface area contributed by atoms with Crippen molar-refractivity contribution in [3.8, 4) is 0 Å². The van der Waals surface area contributed by atoms with Crippen molar-refractivity contribution in [2.24, 2.45) is 23.2 Å². The molecule has 0 radical (unpaired) electrons. The molecule has 1 saturated heterocycles. The minimum atomic E-state index is -0.288. The van der Waals surface area contributed by atoms with Crippen LogP contribution in [0.1, 0.15) is 65.2 Å². The summed E-state index contributed by atoms with van der Waals surface area (Å²) in [5, 5.41) is 0. The molecule has 0 spiro atoms. The molecule has 2 aliphatic carbocycles. The monoisotopic (exact) mass is 316 g/mol. The third-order valence-electron chi connectivity index (χ3n) is 6.05. The molecule has 2 fully saturated rings. The van der Waals surface area contributed by atoms with Gasteiger partial charge in [0.2, 0.25) is 0 Å². The standard InChI is InChI=1S/C20H28O3/c1-4-5-6-7-8-14-11-15-9-10-20(15,12-13(2)3)17-16(14)18(21)23-19(17)22/h11,14,16-17H,2,4-10,12H2,1,3H3/t14-,16-,17+,20-/m0/s1. The molecule has 0 aromatic rings. The van der Waals surface area contributed by atoms with Crippen LogP contribution < -0.4 is 0 Å². The summed E-state index contributed by atoms with van der Waals surface area (Å²) in [5.74, 6) is -0.914. The lowest BCUT2D eigenvalue weighted by Gasteiger charge is -2.53. The van der Waals surface area contributed by atoms with Crippen LogP contribution in [0.25, 0.3) is 0 Å². The average Bonchev–Trinajstić information content (AvgIpc) is 2.77. The number of hydrogen-bond acceptors (Lipinski definition) is 3. The lowest BCUT2D eigenvalue weighted by molar-refractivity contribution is -0.154. The summed E-state index contributed by atoms with van der Waals surface area (Å²) in [5.41, 5.74) is 2.30. The SMILES string of the molecule is C=C(C)C[C@@]12CCC1=C[C@H](CCCCCC)[C@@H]1C(=O)OC(=O)[C@@H]12. The summed E-state index contributed by atoms with van der Waals surface area (Å²) in [4.78, 5) is 24.7. The third kappa shape index (κ3) is 2.68. The molecule has 3 heteroatoms. The molecule has 0 N–H and O–H groups in total. The summed E-state index contributed by atoms with van der Waals surface area (Å²) in [6, 6.07) is 0. The molecular weight excluding hydrogens is 288 g/mol. The lowest BCUT2D eigenvalue weighted by atomic mass is 9.48. The largest absolute Gasteiger partial charge is 0.393 e. The van der Waals surface area contributed by atoms with Crippen molar-refractivity contribution >= 4 is 11.9 Å². The Balaban J connectivity index is 1.85. The normalized spacial score (nSPS) is 35.0. The molecule has 3 nitrogen and oxygen atoms in total. The van der Waals surface area contributed by atoms with Crippen LogP contribution >= 0.6 is 0 Å². The Morgan fingerprint density at radius 3 is 2.70 bits per heavy atom. The topological polar surface area (TPSA) is 43.4 Å². The number of carbonyl (C=O) groups excluding carboxylic acids is 2. The minimum absolute atomic E-state index is 0.167. The molecule has 3 rings (SSSR count). The van der Waals surface area contributed by atoms with Crippen LogP contribution in [0.15, 0.2) is 23.8 Å². The molecule has 1 saturated carbocycles. The highest BCUT2D eigenvalue weighted by atomic mass is 16.6. The second-order valence-electron chi connectivity index (χ2n) is 7.74. The van der Waals surface area contributed by atoms with E-state index in [9.17, 15) is 9.59 Å². The van der Waals surface area contributed by atoms with Gasteiger partial charge in [-0.1, -0.05) is 49.8 Å². The van der Waals surface area contributed by atoms with E-state index in [0.717, 1.165) is 37.7 Å². The van der Waals surface area contributed by atoms with Crippen LogP contribution in [-0.4, -0.2) is 11.9 Å². The maximum absolute atomic E-state index is 12.4. The zero-order chi connectivity index (χ0) is 16.6. The van der Waals surface area contributed by atoms with Gasteiger partial charge >= 0.3 is 11.9 Å². The van der Waals surface area contributed by atoms with E-state index < -0.39 is 0 Å². The van der Waals surface area contributed by atoms with Crippen LogP contribution in [0, 0.1) is 23.2 Å². The Morgan fingerprint density at radius 2 is 2.09 bits per heavy atom. The van der Waals surface area contributed by atoms with Gasteiger partial charge < -0.3 is 4.74 Å². The quantitative estimate of drug-likeness (QED) is 0.299. The number of ether oxygens (including phenoxy) is 1. The van der Waals surface area contributed by atoms with E-state index in [1.807, 2.05) is 6.92 Å². The van der Waals surface area contributed by atoms with Gasteiger partial charge in [0.1, 0.15) is 0 Å². The number of unbranched alkanes of at least 4 members (excludes halogenated alkanes) is 3. The molecule has 0 aromatic heterocycles. The van der Waals surface area contributed by atoms with Gasteiger partial charge in [-0.25, -0.2) is 0 Å². The van der Waals surface area contributed by atoms with Gasteiger partial charge in [-0.15, -0.1) is 6.58 Å². The van der Waals surface area contributed by atoms with Gasteiger partial charge in [-0.3, -0.25) is 9.59 Å². The van der Waals surface area contributed by atoms with E-state index in [1.165, 1.54) is 24.8 Å². The Kier molecular flexibility index (Phi) is 4.48. The fraction of sp³-hybridized carbons (Fsp3) is 0.700. The predicted octanol–water partition coefficient (Wildman–Crippen LogP) is 4.58. The van der Waals surface area contributed by atoms with E-state index >= 15 is 0 Å². The Hall–Kier alpha value is -1.38. The van der Waals surface area contributed by atoms with Crippen molar-refractivity contribution in [1.82, 2.24) is 0 Å². The predicted molar refractivity (Wildman–Crippen MR) is 89.5 cm³/mol. The van der Waals surface area contributed by atoms with E-state index in [4.69, 9.17) is 4.74 Å². The van der Waals surface area contributed by atoms with Crippen LogP contribution in [0.5, 0.6) is 0 Å². The summed E-state index contributed by atoms with van der Waals surface area (Å²) < 4.78 is 5.08. The maximum Gasteiger partial charge on any atom is 0.318 e. The molecule has 1 aliphatic heterocycles. The molecular formula is C20H28O3. The summed E-state index contributed by atoms with van der Waals surface area (Å²) >= 11 is 0. The highest BCUT2D eigenvalue weighted by Crippen LogP contribution is 2.63. The number of fused-ring (bicyclic) bond motifs is 3.